The van der Waals surface area contributed by atoms with E-state index in [0.29, 0.717) is 40.6 Å². The normalized spacial score (nSPS) is 12.4. The van der Waals surface area contributed by atoms with Crippen molar-refractivity contribution in [3.63, 3.8) is 0 Å². The van der Waals surface area contributed by atoms with Gasteiger partial charge in [-0.1, -0.05) is 17.7 Å². The Morgan fingerprint density at radius 2 is 1.79 bits per heavy atom. The van der Waals surface area contributed by atoms with Crippen molar-refractivity contribution in [3.8, 4) is 17.2 Å². The first kappa shape index (κ1) is 18.6. The lowest BCUT2D eigenvalue weighted by Crippen LogP contribution is -2.25. The van der Waals surface area contributed by atoms with Crippen molar-refractivity contribution >= 4 is 17.5 Å². The largest absolute Gasteiger partial charge is 0.497 e. The summed E-state index contributed by atoms with van der Waals surface area (Å²) < 4.78 is 11.1. The van der Waals surface area contributed by atoms with E-state index in [-0.39, 0.29) is 11.8 Å². The molecule has 0 unspecified atom stereocenters. The molecule has 6 nitrogen and oxygen atoms in total. The maximum absolute atomic E-state index is 12.6. The molecule has 6 heteroatoms. The van der Waals surface area contributed by atoms with Crippen molar-refractivity contribution in [1.82, 2.24) is 5.32 Å². The van der Waals surface area contributed by atoms with E-state index in [0.717, 1.165) is 11.1 Å². The van der Waals surface area contributed by atoms with Gasteiger partial charge < -0.3 is 20.1 Å². The first-order valence-corrected chi connectivity index (χ1v) is 9.18. The minimum atomic E-state index is -0.277. The Hall–Kier alpha value is -3.80. The van der Waals surface area contributed by atoms with Crippen LogP contribution >= 0.6 is 0 Å². The summed E-state index contributed by atoms with van der Waals surface area (Å²) in [6.45, 7) is 2.37. The van der Waals surface area contributed by atoms with E-state index >= 15 is 0 Å². The number of anilines is 1. The Labute approximate surface area is 168 Å². The smallest absolute Gasteiger partial charge is 0.255 e. The summed E-state index contributed by atoms with van der Waals surface area (Å²) >= 11 is 0. The fourth-order valence-corrected chi connectivity index (χ4v) is 3.15. The summed E-state index contributed by atoms with van der Waals surface area (Å²) in [5.74, 6) is 1.28. The summed E-state index contributed by atoms with van der Waals surface area (Å²) in [5.41, 5.74) is 3.37. The number of amides is 2. The van der Waals surface area contributed by atoms with E-state index in [1.807, 2.05) is 25.1 Å². The molecule has 0 fully saturated rings. The molecular formula is C23H20N2O4. The van der Waals surface area contributed by atoms with Gasteiger partial charge in [0, 0.05) is 23.4 Å². The number of benzene rings is 3. The molecule has 0 aromatic heterocycles. The second kappa shape index (κ2) is 7.67. The van der Waals surface area contributed by atoms with E-state index in [2.05, 4.69) is 10.6 Å². The van der Waals surface area contributed by atoms with E-state index in [9.17, 15) is 9.59 Å². The molecule has 146 valence electrons. The highest BCUT2D eigenvalue weighted by Gasteiger charge is 2.20. The molecular weight excluding hydrogens is 368 g/mol. The van der Waals surface area contributed by atoms with Crippen LogP contribution in [0.3, 0.4) is 0 Å². The Morgan fingerprint density at radius 1 is 1.03 bits per heavy atom. The van der Waals surface area contributed by atoms with Crippen molar-refractivity contribution in [2.75, 3.05) is 12.4 Å². The molecule has 0 bridgehead atoms. The highest BCUT2D eigenvalue weighted by molar-refractivity contribution is 6.05. The van der Waals surface area contributed by atoms with Crippen molar-refractivity contribution in [1.29, 1.82) is 0 Å². The molecule has 0 saturated heterocycles. The van der Waals surface area contributed by atoms with Crippen LogP contribution in [0.5, 0.6) is 17.2 Å². The van der Waals surface area contributed by atoms with Crippen molar-refractivity contribution in [2.45, 2.75) is 13.5 Å². The number of hydrogen-bond acceptors (Lipinski definition) is 4. The van der Waals surface area contributed by atoms with Crippen LogP contribution in [0.4, 0.5) is 5.69 Å². The fraction of sp³-hybridized carbons (Fsp3) is 0.130. The van der Waals surface area contributed by atoms with Gasteiger partial charge in [-0.25, -0.2) is 0 Å². The second-order valence-electron chi connectivity index (χ2n) is 6.79. The summed E-state index contributed by atoms with van der Waals surface area (Å²) in [4.78, 5) is 25.1. The first-order chi connectivity index (χ1) is 14.0. The Morgan fingerprint density at radius 3 is 2.55 bits per heavy atom. The standard InChI is InChI=1S/C23H20N2O4/c1-14-3-9-20-16(11-14)13-24-23(27)19-12-17(6-10-21(19)29-20)25-22(26)15-4-7-18(28-2)8-5-15/h3-12H,13H2,1-2H3,(H,24,27)(H,25,26). The molecule has 1 aliphatic rings. The molecule has 0 aliphatic carbocycles. The Kier molecular flexibility index (Phi) is 4.91. The SMILES string of the molecule is COc1ccc(C(=O)Nc2ccc3c(c2)C(=O)NCc2cc(C)ccc2O3)cc1. The Bertz CT molecular complexity index is 1090. The van der Waals surface area contributed by atoms with Crippen LogP contribution in [0.1, 0.15) is 31.8 Å². The summed E-state index contributed by atoms with van der Waals surface area (Å²) in [6.07, 6.45) is 0. The summed E-state index contributed by atoms with van der Waals surface area (Å²) in [6, 6.07) is 17.7. The molecule has 0 radical (unpaired) electrons. The number of aryl methyl sites for hydroxylation is 1. The minimum Gasteiger partial charge on any atom is -0.497 e. The van der Waals surface area contributed by atoms with Gasteiger partial charge in [0.2, 0.25) is 0 Å². The second-order valence-corrected chi connectivity index (χ2v) is 6.79. The third kappa shape index (κ3) is 3.91. The molecule has 1 heterocycles. The lowest BCUT2D eigenvalue weighted by atomic mass is 10.1. The maximum atomic E-state index is 12.6. The van der Waals surface area contributed by atoms with E-state index in [1.165, 1.54) is 0 Å². The van der Waals surface area contributed by atoms with Crippen LogP contribution in [0.15, 0.2) is 60.7 Å². The van der Waals surface area contributed by atoms with E-state index in [4.69, 9.17) is 9.47 Å². The first-order valence-electron chi connectivity index (χ1n) is 9.18. The van der Waals surface area contributed by atoms with Crippen LogP contribution in [-0.2, 0) is 6.54 Å². The van der Waals surface area contributed by atoms with Crippen molar-refractivity contribution in [2.24, 2.45) is 0 Å². The minimum absolute atomic E-state index is 0.257. The molecule has 2 N–H and O–H groups in total. The van der Waals surface area contributed by atoms with Gasteiger partial charge in [-0.05, 0) is 55.5 Å². The molecule has 2 amide bonds. The van der Waals surface area contributed by atoms with Gasteiger partial charge >= 0.3 is 0 Å². The Balaban J connectivity index is 1.59. The number of rotatable bonds is 3. The van der Waals surface area contributed by atoms with Crippen LogP contribution in [-0.4, -0.2) is 18.9 Å². The quantitative estimate of drug-likeness (QED) is 0.702. The number of carbonyl (C=O) groups excluding carboxylic acids is 2. The maximum Gasteiger partial charge on any atom is 0.255 e. The molecule has 29 heavy (non-hydrogen) atoms. The highest BCUT2D eigenvalue weighted by atomic mass is 16.5. The molecule has 4 rings (SSSR count). The zero-order valence-electron chi connectivity index (χ0n) is 16.1. The van der Waals surface area contributed by atoms with Gasteiger partial charge in [0.25, 0.3) is 11.8 Å². The molecule has 1 aliphatic heterocycles. The lowest BCUT2D eigenvalue weighted by Gasteiger charge is -2.19. The van der Waals surface area contributed by atoms with Crippen LogP contribution in [0.2, 0.25) is 0 Å². The summed E-state index contributed by atoms with van der Waals surface area (Å²) in [7, 11) is 1.57. The predicted molar refractivity (Wildman–Crippen MR) is 110 cm³/mol. The van der Waals surface area contributed by atoms with Crippen LogP contribution < -0.4 is 20.1 Å². The zero-order chi connectivity index (χ0) is 20.4. The van der Waals surface area contributed by atoms with Crippen LogP contribution in [0.25, 0.3) is 0 Å². The summed E-state index contributed by atoms with van der Waals surface area (Å²) in [5, 5.41) is 5.72. The number of methoxy groups -OCH3 is 1. The van der Waals surface area contributed by atoms with Gasteiger partial charge in [-0.3, -0.25) is 9.59 Å². The number of nitrogens with one attached hydrogen (secondary N) is 2. The average Bonchev–Trinajstić information content (AvgIpc) is 2.73. The third-order valence-corrected chi connectivity index (χ3v) is 4.71. The molecule has 3 aromatic carbocycles. The van der Waals surface area contributed by atoms with Crippen LogP contribution in [0, 0.1) is 6.92 Å². The predicted octanol–water partition coefficient (Wildman–Crippen LogP) is 4.29. The van der Waals surface area contributed by atoms with Gasteiger partial charge in [0.1, 0.15) is 17.2 Å². The van der Waals surface area contributed by atoms with Crippen molar-refractivity contribution < 1.29 is 19.1 Å². The molecule has 0 atom stereocenters. The van der Waals surface area contributed by atoms with Crippen molar-refractivity contribution in [3.05, 3.63) is 82.9 Å². The number of ether oxygens (including phenoxy) is 2. The van der Waals surface area contributed by atoms with Gasteiger partial charge in [0.15, 0.2) is 0 Å². The highest BCUT2D eigenvalue weighted by Crippen LogP contribution is 2.32. The molecule has 0 spiro atoms. The molecule has 3 aromatic rings. The van der Waals surface area contributed by atoms with Gasteiger partial charge in [0.05, 0.1) is 12.7 Å². The number of carbonyl (C=O) groups is 2. The zero-order valence-corrected chi connectivity index (χ0v) is 16.1. The van der Waals surface area contributed by atoms with Gasteiger partial charge in [-0.2, -0.15) is 0 Å². The average molecular weight is 388 g/mol. The third-order valence-electron chi connectivity index (χ3n) is 4.71. The fourth-order valence-electron chi connectivity index (χ4n) is 3.15. The monoisotopic (exact) mass is 388 g/mol. The molecule has 0 saturated carbocycles. The van der Waals surface area contributed by atoms with E-state index < -0.39 is 0 Å². The lowest BCUT2D eigenvalue weighted by molar-refractivity contribution is 0.0944. The van der Waals surface area contributed by atoms with Gasteiger partial charge in [-0.15, -0.1) is 0 Å². The number of fused-ring (bicyclic) bond motifs is 2. The van der Waals surface area contributed by atoms with E-state index in [1.54, 1.807) is 49.6 Å². The number of hydrogen-bond donors (Lipinski definition) is 2. The topological polar surface area (TPSA) is 76.7 Å².